The first-order chi connectivity index (χ1) is 11.3. The van der Waals surface area contributed by atoms with Gasteiger partial charge in [0.2, 0.25) is 0 Å². The van der Waals surface area contributed by atoms with Gasteiger partial charge in [0.1, 0.15) is 0 Å². The number of hydrogen-bond acceptors (Lipinski definition) is 2. The Bertz CT molecular complexity index is 543. The summed E-state index contributed by atoms with van der Waals surface area (Å²) in [5.74, 6) is 1.70. The fourth-order valence-electron chi connectivity index (χ4n) is 3.28. The molecule has 0 saturated heterocycles. The van der Waals surface area contributed by atoms with E-state index in [9.17, 15) is 0 Å². The number of aliphatic imine (C=N–C) groups is 1. The lowest BCUT2D eigenvalue weighted by atomic mass is 9.89. The molecule has 0 spiro atoms. The largest absolute Gasteiger partial charge is 0.373 e. The van der Waals surface area contributed by atoms with Crippen LogP contribution in [-0.2, 0) is 11.2 Å². The van der Waals surface area contributed by atoms with Crippen LogP contribution in [0.4, 0.5) is 0 Å². The highest BCUT2D eigenvalue weighted by atomic mass is 16.5. The molecule has 0 amide bonds. The molecular weight excluding hydrogens is 286 g/mol. The zero-order valence-corrected chi connectivity index (χ0v) is 14.3. The average molecular weight is 315 g/mol. The van der Waals surface area contributed by atoms with Crippen LogP contribution in [0.2, 0.25) is 0 Å². The molecule has 1 saturated carbocycles. The molecule has 1 aromatic carbocycles. The second-order valence-corrected chi connectivity index (χ2v) is 6.77. The van der Waals surface area contributed by atoms with E-state index >= 15 is 0 Å². The van der Waals surface area contributed by atoms with E-state index in [1.165, 1.54) is 30.4 Å². The molecule has 1 aromatic rings. The van der Waals surface area contributed by atoms with Crippen LogP contribution < -0.4 is 10.6 Å². The molecule has 23 heavy (non-hydrogen) atoms. The van der Waals surface area contributed by atoms with Crippen molar-refractivity contribution < 1.29 is 4.74 Å². The van der Waals surface area contributed by atoms with Gasteiger partial charge in [-0.2, -0.15) is 0 Å². The summed E-state index contributed by atoms with van der Waals surface area (Å²) in [6.45, 7) is 3.96. The standard InChI is InChI=1S/C19H29N3O/c1-14-13-17(14)22-19(20-2)21-11-6-12-23-18-10-5-8-15-7-3-4-9-16(15)18/h3-4,7,9,14,17-18H,5-6,8,10-13H2,1-2H3,(H2,20,21,22). The molecule has 2 N–H and O–H groups in total. The minimum atomic E-state index is 0.282. The van der Waals surface area contributed by atoms with Crippen molar-refractivity contribution in [2.75, 3.05) is 20.2 Å². The fourth-order valence-corrected chi connectivity index (χ4v) is 3.28. The maximum atomic E-state index is 6.14. The lowest BCUT2D eigenvalue weighted by Crippen LogP contribution is -2.39. The lowest BCUT2D eigenvalue weighted by Gasteiger charge is -2.25. The van der Waals surface area contributed by atoms with Crippen LogP contribution in [-0.4, -0.2) is 32.2 Å². The van der Waals surface area contributed by atoms with Crippen molar-refractivity contribution in [1.29, 1.82) is 0 Å². The molecule has 4 heteroatoms. The first-order valence-electron chi connectivity index (χ1n) is 8.94. The minimum absolute atomic E-state index is 0.282. The Morgan fingerprint density at radius 1 is 1.35 bits per heavy atom. The van der Waals surface area contributed by atoms with E-state index in [4.69, 9.17) is 4.74 Å². The molecule has 126 valence electrons. The number of aryl methyl sites for hydroxylation is 1. The Morgan fingerprint density at radius 3 is 2.96 bits per heavy atom. The Labute approximate surface area is 139 Å². The predicted octanol–water partition coefficient (Wildman–Crippen LogP) is 3.04. The van der Waals surface area contributed by atoms with Crippen molar-refractivity contribution in [3.05, 3.63) is 35.4 Å². The van der Waals surface area contributed by atoms with Crippen LogP contribution in [0.5, 0.6) is 0 Å². The van der Waals surface area contributed by atoms with Crippen LogP contribution >= 0.6 is 0 Å². The first kappa shape index (κ1) is 16.3. The smallest absolute Gasteiger partial charge is 0.191 e. The third-order valence-electron chi connectivity index (χ3n) is 4.90. The van der Waals surface area contributed by atoms with Crippen molar-refractivity contribution in [1.82, 2.24) is 10.6 Å². The quantitative estimate of drug-likeness (QED) is 0.482. The molecule has 2 aliphatic carbocycles. The normalized spacial score (nSPS) is 26.5. The molecule has 3 atom stereocenters. The van der Waals surface area contributed by atoms with Gasteiger partial charge >= 0.3 is 0 Å². The molecule has 1 fully saturated rings. The molecule has 0 aliphatic heterocycles. The number of benzene rings is 1. The third kappa shape index (κ3) is 4.47. The molecule has 2 aliphatic rings. The summed E-state index contributed by atoms with van der Waals surface area (Å²) in [5, 5.41) is 6.82. The maximum Gasteiger partial charge on any atom is 0.191 e. The Hall–Kier alpha value is -1.55. The van der Waals surface area contributed by atoms with Gasteiger partial charge in [0.15, 0.2) is 5.96 Å². The number of guanidine groups is 1. The zero-order chi connectivity index (χ0) is 16.1. The summed E-state index contributed by atoms with van der Waals surface area (Å²) >= 11 is 0. The minimum Gasteiger partial charge on any atom is -0.373 e. The van der Waals surface area contributed by atoms with Crippen molar-refractivity contribution >= 4 is 5.96 Å². The van der Waals surface area contributed by atoms with Gasteiger partial charge in [0, 0.05) is 26.2 Å². The third-order valence-corrected chi connectivity index (χ3v) is 4.90. The molecule has 4 nitrogen and oxygen atoms in total. The highest BCUT2D eigenvalue weighted by molar-refractivity contribution is 5.80. The van der Waals surface area contributed by atoms with Gasteiger partial charge in [0.25, 0.3) is 0 Å². The van der Waals surface area contributed by atoms with Crippen LogP contribution in [0.3, 0.4) is 0 Å². The number of nitrogens with zero attached hydrogens (tertiary/aromatic N) is 1. The number of nitrogens with one attached hydrogen (secondary N) is 2. The van der Waals surface area contributed by atoms with Crippen molar-refractivity contribution in [3.8, 4) is 0 Å². The van der Waals surface area contributed by atoms with Crippen LogP contribution in [0.15, 0.2) is 29.3 Å². The van der Waals surface area contributed by atoms with E-state index in [0.717, 1.165) is 37.9 Å². The Morgan fingerprint density at radius 2 is 2.17 bits per heavy atom. The zero-order valence-electron chi connectivity index (χ0n) is 14.3. The number of fused-ring (bicyclic) bond motifs is 1. The van der Waals surface area contributed by atoms with E-state index in [2.05, 4.69) is 46.8 Å². The first-order valence-corrected chi connectivity index (χ1v) is 8.94. The molecule has 3 unspecified atom stereocenters. The van der Waals surface area contributed by atoms with Gasteiger partial charge < -0.3 is 15.4 Å². The summed E-state index contributed by atoms with van der Waals surface area (Å²) in [6, 6.07) is 9.32. The summed E-state index contributed by atoms with van der Waals surface area (Å²) in [5.41, 5.74) is 2.86. The Balaban J connectivity index is 1.36. The molecule has 0 heterocycles. The molecule has 0 radical (unpaired) electrons. The van der Waals surface area contributed by atoms with Crippen molar-refractivity contribution in [3.63, 3.8) is 0 Å². The monoisotopic (exact) mass is 315 g/mol. The summed E-state index contributed by atoms with van der Waals surface area (Å²) < 4.78 is 6.14. The summed E-state index contributed by atoms with van der Waals surface area (Å²) in [7, 11) is 1.83. The van der Waals surface area contributed by atoms with Gasteiger partial charge in [-0.1, -0.05) is 31.2 Å². The molecule has 3 rings (SSSR count). The SMILES string of the molecule is CN=C(NCCCOC1CCCc2ccccc21)NC1CC1C. The fraction of sp³-hybridized carbons (Fsp3) is 0.632. The van der Waals surface area contributed by atoms with Crippen molar-refractivity contribution in [2.24, 2.45) is 10.9 Å². The number of hydrogen-bond donors (Lipinski definition) is 2. The lowest BCUT2D eigenvalue weighted by molar-refractivity contribution is 0.0398. The van der Waals surface area contributed by atoms with Gasteiger partial charge in [-0.05, 0) is 49.1 Å². The van der Waals surface area contributed by atoms with Crippen LogP contribution in [0.1, 0.15) is 49.8 Å². The van der Waals surface area contributed by atoms with E-state index in [1.54, 1.807) is 0 Å². The van der Waals surface area contributed by atoms with Gasteiger partial charge in [-0.3, -0.25) is 4.99 Å². The molecule has 0 aromatic heterocycles. The average Bonchev–Trinajstić information content (AvgIpc) is 3.28. The molecular formula is C19H29N3O. The number of rotatable bonds is 6. The second-order valence-electron chi connectivity index (χ2n) is 6.77. The Kier molecular flexibility index (Phi) is 5.55. The number of ether oxygens (including phenoxy) is 1. The second kappa shape index (κ2) is 7.82. The topological polar surface area (TPSA) is 45.7 Å². The van der Waals surface area contributed by atoms with Gasteiger partial charge in [0.05, 0.1) is 6.10 Å². The van der Waals surface area contributed by atoms with E-state index in [-0.39, 0.29) is 6.10 Å². The maximum absolute atomic E-state index is 6.14. The highest BCUT2D eigenvalue weighted by Gasteiger charge is 2.33. The molecule has 0 bridgehead atoms. The summed E-state index contributed by atoms with van der Waals surface area (Å²) in [4.78, 5) is 4.27. The van der Waals surface area contributed by atoms with Crippen LogP contribution in [0.25, 0.3) is 0 Å². The van der Waals surface area contributed by atoms with Gasteiger partial charge in [-0.25, -0.2) is 0 Å². The predicted molar refractivity (Wildman–Crippen MR) is 94.8 cm³/mol. The van der Waals surface area contributed by atoms with Crippen LogP contribution in [0, 0.1) is 5.92 Å². The van der Waals surface area contributed by atoms with E-state index in [1.807, 2.05) is 7.05 Å². The van der Waals surface area contributed by atoms with E-state index in [0.29, 0.717) is 6.04 Å². The van der Waals surface area contributed by atoms with Crippen molar-refractivity contribution in [2.45, 2.75) is 51.2 Å². The summed E-state index contributed by atoms with van der Waals surface area (Å²) in [6.07, 6.45) is 6.11. The van der Waals surface area contributed by atoms with Gasteiger partial charge in [-0.15, -0.1) is 0 Å². The van der Waals surface area contributed by atoms with E-state index < -0.39 is 0 Å². The highest BCUT2D eigenvalue weighted by Crippen LogP contribution is 2.32.